The maximum Gasteiger partial charge on any atom is 0.258 e. The molecule has 0 saturated heterocycles. The van der Waals surface area contributed by atoms with Crippen LogP contribution in [0.1, 0.15) is 0 Å². The van der Waals surface area contributed by atoms with Crippen LogP contribution in [0.5, 0.6) is 11.5 Å². The molecule has 0 aliphatic rings. The molecule has 0 unspecified atom stereocenters. The molecule has 5 nitrogen and oxygen atoms in total. The van der Waals surface area contributed by atoms with E-state index in [0.29, 0.717) is 24.6 Å². The van der Waals surface area contributed by atoms with Crippen LogP contribution >= 0.6 is 0 Å². The molecule has 134 valence electrons. The van der Waals surface area contributed by atoms with E-state index in [1.165, 1.54) is 10.8 Å². The first-order valence-electron chi connectivity index (χ1n) is 8.52. The van der Waals surface area contributed by atoms with Gasteiger partial charge >= 0.3 is 0 Å². The van der Waals surface area contributed by atoms with Gasteiger partial charge in [-0.1, -0.05) is 48.5 Å². The fourth-order valence-electron chi connectivity index (χ4n) is 2.71. The lowest BCUT2D eigenvalue weighted by Crippen LogP contribution is -2.32. The highest BCUT2D eigenvalue weighted by atomic mass is 16.5. The Labute approximate surface area is 152 Å². The number of nitrogens with one attached hydrogen (secondary N) is 2. The Morgan fingerprint density at radius 3 is 2.46 bits per heavy atom. The lowest BCUT2D eigenvalue weighted by molar-refractivity contribution is -0.123. The van der Waals surface area contributed by atoms with E-state index in [2.05, 4.69) is 28.8 Å². The Kier molecular flexibility index (Phi) is 5.93. The Morgan fingerprint density at radius 2 is 1.62 bits per heavy atom. The van der Waals surface area contributed by atoms with Crippen LogP contribution in [-0.2, 0) is 4.79 Å². The molecule has 0 aliphatic carbocycles. The van der Waals surface area contributed by atoms with E-state index < -0.39 is 0 Å². The minimum absolute atomic E-state index is 0.0470. The SMILES string of the molecule is COc1ccccc1OCC(=O)NCCNc1cccc2ccccc12. The lowest BCUT2D eigenvalue weighted by Gasteiger charge is -2.12. The minimum Gasteiger partial charge on any atom is -0.493 e. The van der Waals surface area contributed by atoms with Crippen LogP contribution in [0.25, 0.3) is 10.8 Å². The summed E-state index contributed by atoms with van der Waals surface area (Å²) < 4.78 is 10.7. The van der Waals surface area contributed by atoms with Crippen LogP contribution < -0.4 is 20.1 Å². The molecule has 0 aliphatic heterocycles. The second-order valence-electron chi connectivity index (χ2n) is 5.74. The third-order valence-electron chi connectivity index (χ3n) is 3.98. The molecule has 1 amide bonds. The van der Waals surface area contributed by atoms with Crippen molar-refractivity contribution in [1.82, 2.24) is 5.32 Å². The number of benzene rings is 3. The van der Waals surface area contributed by atoms with Gasteiger partial charge in [0.15, 0.2) is 18.1 Å². The zero-order valence-electron chi connectivity index (χ0n) is 14.7. The molecule has 26 heavy (non-hydrogen) atoms. The average Bonchev–Trinajstić information content (AvgIpc) is 2.70. The second-order valence-corrected chi connectivity index (χ2v) is 5.74. The number of methoxy groups -OCH3 is 1. The number of carbonyl (C=O) groups is 1. The smallest absolute Gasteiger partial charge is 0.258 e. The number of hydrogen-bond donors (Lipinski definition) is 2. The highest BCUT2D eigenvalue weighted by Crippen LogP contribution is 2.25. The van der Waals surface area contributed by atoms with Crippen LogP contribution in [0.4, 0.5) is 5.69 Å². The van der Waals surface area contributed by atoms with Crippen LogP contribution in [0, 0.1) is 0 Å². The molecule has 0 radical (unpaired) electrons. The van der Waals surface area contributed by atoms with Gasteiger partial charge in [-0.15, -0.1) is 0 Å². The summed E-state index contributed by atoms with van der Waals surface area (Å²) in [6.45, 7) is 1.10. The standard InChI is InChI=1S/C21H22N2O3/c1-25-19-11-4-5-12-20(19)26-15-21(24)23-14-13-22-18-10-6-8-16-7-2-3-9-17(16)18/h2-12,22H,13-15H2,1H3,(H,23,24). The van der Waals surface area contributed by atoms with Gasteiger partial charge in [0.25, 0.3) is 5.91 Å². The number of hydrogen-bond acceptors (Lipinski definition) is 4. The fourth-order valence-corrected chi connectivity index (χ4v) is 2.71. The first-order chi connectivity index (χ1) is 12.8. The molecule has 0 saturated carbocycles. The summed E-state index contributed by atoms with van der Waals surface area (Å²) in [4.78, 5) is 11.9. The first-order valence-corrected chi connectivity index (χ1v) is 8.52. The van der Waals surface area contributed by atoms with Crippen molar-refractivity contribution in [2.45, 2.75) is 0 Å². The van der Waals surface area contributed by atoms with Gasteiger partial charge in [-0.2, -0.15) is 0 Å². The van der Waals surface area contributed by atoms with Crippen LogP contribution in [0.3, 0.4) is 0 Å². The third-order valence-corrected chi connectivity index (χ3v) is 3.98. The number of rotatable bonds is 8. The van der Waals surface area contributed by atoms with Crippen molar-refractivity contribution < 1.29 is 14.3 Å². The van der Waals surface area contributed by atoms with E-state index in [1.54, 1.807) is 19.2 Å². The zero-order chi connectivity index (χ0) is 18.2. The van der Waals surface area contributed by atoms with Gasteiger partial charge in [-0.25, -0.2) is 0 Å². The van der Waals surface area contributed by atoms with Crippen molar-refractivity contribution in [3.05, 3.63) is 66.7 Å². The predicted molar refractivity (Wildman–Crippen MR) is 104 cm³/mol. The summed E-state index contributed by atoms with van der Waals surface area (Å²) in [5.41, 5.74) is 1.06. The molecule has 0 atom stereocenters. The summed E-state index contributed by atoms with van der Waals surface area (Å²) in [5.74, 6) is 0.993. The molecule has 2 N–H and O–H groups in total. The van der Waals surface area contributed by atoms with Gasteiger partial charge in [0, 0.05) is 24.2 Å². The number of anilines is 1. The maximum absolute atomic E-state index is 11.9. The van der Waals surface area contributed by atoms with E-state index in [4.69, 9.17) is 9.47 Å². The fraction of sp³-hybridized carbons (Fsp3) is 0.190. The van der Waals surface area contributed by atoms with Crippen molar-refractivity contribution in [3.63, 3.8) is 0 Å². The van der Waals surface area contributed by atoms with Gasteiger partial charge < -0.3 is 20.1 Å². The van der Waals surface area contributed by atoms with E-state index in [-0.39, 0.29) is 12.5 Å². The van der Waals surface area contributed by atoms with E-state index >= 15 is 0 Å². The minimum atomic E-state index is -0.171. The Balaban J connectivity index is 1.44. The van der Waals surface area contributed by atoms with Crippen molar-refractivity contribution in [2.24, 2.45) is 0 Å². The zero-order valence-corrected chi connectivity index (χ0v) is 14.7. The van der Waals surface area contributed by atoms with E-state index in [1.807, 2.05) is 36.4 Å². The van der Waals surface area contributed by atoms with Gasteiger partial charge in [-0.05, 0) is 23.6 Å². The molecule has 0 heterocycles. The summed E-state index contributed by atoms with van der Waals surface area (Å²) >= 11 is 0. The van der Waals surface area contributed by atoms with Gasteiger partial charge in [0.05, 0.1) is 7.11 Å². The van der Waals surface area contributed by atoms with Gasteiger partial charge in [0.1, 0.15) is 0 Å². The highest BCUT2D eigenvalue weighted by molar-refractivity contribution is 5.93. The van der Waals surface area contributed by atoms with Gasteiger partial charge in [0.2, 0.25) is 0 Å². The molecular formula is C21H22N2O3. The molecule has 0 fully saturated rings. The molecule has 3 rings (SSSR count). The number of amides is 1. The number of para-hydroxylation sites is 2. The third kappa shape index (κ3) is 4.45. The number of carbonyl (C=O) groups excluding carboxylic acids is 1. The molecule has 3 aromatic rings. The number of fused-ring (bicyclic) bond motifs is 1. The summed E-state index contributed by atoms with van der Waals surface area (Å²) in [5, 5.41) is 8.56. The Morgan fingerprint density at radius 1 is 0.885 bits per heavy atom. The van der Waals surface area contributed by atoms with Crippen molar-refractivity contribution in [2.75, 3.05) is 32.1 Å². The molecule has 0 bridgehead atoms. The van der Waals surface area contributed by atoms with Gasteiger partial charge in [-0.3, -0.25) is 4.79 Å². The summed E-state index contributed by atoms with van der Waals surface area (Å²) in [6, 6.07) is 21.6. The second kappa shape index (κ2) is 8.76. The van der Waals surface area contributed by atoms with Crippen LogP contribution in [0.2, 0.25) is 0 Å². The first kappa shape index (κ1) is 17.6. The number of ether oxygens (including phenoxy) is 2. The van der Waals surface area contributed by atoms with Crippen molar-refractivity contribution in [1.29, 1.82) is 0 Å². The Bertz CT molecular complexity index is 875. The monoisotopic (exact) mass is 350 g/mol. The van der Waals surface area contributed by atoms with E-state index in [9.17, 15) is 4.79 Å². The quantitative estimate of drug-likeness (QED) is 0.611. The molecule has 0 aromatic heterocycles. The molecule has 0 spiro atoms. The highest BCUT2D eigenvalue weighted by Gasteiger charge is 2.06. The summed E-state index contributed by atoms with van der Waals surface area (Å²) in [6.07, 6.45) is 0. The van der Waals surface area contributed by atoms with Crippen molar-refractivity contribution >= 4 is 22.4 Å². The average molecular weight is 350 g/mol. The van der Waals surface area contributed by atoms with Crippen molar-refractivity contribution in [3.8, 4) is 11.5 Å². The van der Waals surface area contributed by atoms with Crippen LogP contribution in [0.15, 0.2) is 66.7 Å². The molecule has 3 aromatic carbocycles. The lowest BCUT2D eigenvalue weighted by atomic mass is 10.1. The largest absolute Gasteiger partial charge is 0.493 e. The predicted octanol–water partition coefficient (Wildman–Crippen LogP) is 3.46. The summed E-state index contributed by atoms with van der Waals surface area (Å²) in [7, 11) is 1.57. The van der Waals surface area contributed by atoms with E-state index in [0.717, 1.165) is 5.69 Å². The maximum atomic E-state index is 11.9. The molecule has 5 heteroatoms. The molecular weight excluding hydrogens is 328 g/mol. The van der Waals surface area contributed by atoms with Crippen LogP contribution in [-0.4, -0.2) is 32.7 Å². The topological polar surface area (TPSA) is 59.6 Å². The normalized spacial score (nSPS) is 10.3. The Hall–Kier alpha value is -3.21.